The minimum Gasteiger partial charge on any atom is -0.388 e. The standard InChI is InChI=1S/C18H20BrFO/c1-18(2,3)14-7-4-12(5-8-14)10-17(21)13-6-9-16(20)15(19)11-13/h4-9,11,17,21H,10H2,1-3H3. The van der Waals surface area contributed by atoms with Gasteiger partial charge in [0.25, 0.3) is 0 Å². The van der Waals surface area contributed by atoms with Crippen LogP contribution in [0.5, 0.6) is 0 Å². The van der Waals surface area contributed by atoms with Gasteiger partial charge in [0.15, 0.2) is 0 Å². The summed E-state index contributed by atoms with van der Waals surface area (Å²) in [7, 11) is 0. The van der Waals surface area contributed by atoms with Crippen LogP contribution in [0.4, 0.5) is 4.39 Å². The zero-order chi connectivity index (χ0) is 15.6. The molecule has 1 unspecified atom stereocenters. The molecule has 0 radical (unpaired) electrons. The lowest BCUT2D eigenvalue weighted by molar-refractivity contribution is 0.178. The Morgan fingerprint density at radius 3 is 2.24 bits per heavy atom. The van der Waals surface area contributed by atoms with Crippen molar-refractivity contribution in [1.29, 1.82) is 0 Å². The number of aliphatic hydroxyl groups is 1. The SMILES string of the molecule is CC(C)(C)c1ccc(CC(O)c2ccc(F)c(Br)c2)cc1. The molecule has 21 heavy (non-hydrogen) atoms. The van der Waals surface area contributed by atoms with Gasteiger partial charge in [-0.05, 0) is 50.2 Å². The Hall–Kier alpha value is -1.19. The van der Waals surface area contributed by atoms with E-state index in [4.69, 9.17) is 0 Å². The maximum absolute atomic E-state index is 13.2. The van der Waals surface area contributed by atoms with E-state index in [2.05, 4.69) is 48.8 Å². The molecule has 0 saturated carbocycles. The average molecular weight is 351 g/mol. The summed E-state index contributed by atoms with van der Waals surface area (Å²) in [5.74, 6) is -0.319. The van der Waals surface area contributed by atoms with E-state index in [9.17, 15) is 9.50 Å². The Morgan fingerprint density at radius 2 is 1.71 bits per heavy atom. The van der Waals surface area contributed by atoms with E-state index < -0.39 is 6.10 Å². The normalized spacial score (nSPS) is 13.2. The molecule has 3 heteroatoms. The molecule has 0 aliphatic heterocycles. The van der Waals surface area contributed by atoms with Crippen molar-refractivity contribution in [1.82, 2.24) is 0 Å². The van der Waals surface area contributed by atoms with Gasteiger partial charge >= 0.3 is 0 Å². The van der Waals surface area contributed by atoms with Crippen molar-refractivity contribution >= 4 is 15.9 Å². The van der Waals surface area contributed by atoms with Crippen LogP contribution in [-0.4, -0.2) is 5.11 Å². The Labute approximate surface area is 134 Å². The van der Waals surface area contributed by atoms with Gasteiger partial charge in [0.05, 0.1) is 10.6 Å². The second-order valence-electron chi connectivity index (χ2n) is 6.34. The first-order chi connectivity index (χ1) is 9.77. The minimum atomic E-state index is -0.637. The first-order valence-corrected chi connectivity index (χ1v) is 7.79. The molecule has 1 atom stereocenters. The quantitative estimate of drug-likeness (QED) is 0.810. The van der Waals surface area contributed by atoms with Crippen molar-refractivity contribution in [2.45, 2.75) is 38.7 Å². The highest BCUT2D eigenvalue weighted by atomic mass is 79.9. The van der Waals surface area contributed by atoms with Gasteiger partial charge < -0.3 is 5.11 Å². The fourth-order valence-electron chi connectivity index (χ4n) is 2.20. The lowest BCUT2D eigenvalue weighted by atomic mass is 9.86. The van der Waals surface area contributed by atoms with Gasteiger partial charge in [-0.3, -0.25) is 0 Å². The molecule has 0 aromatic heterocycles. The molecule has 0 aliphatic rings. The molecule has 0 bridgehead atoms. The third-order valence-electron chi connectivity index (χ3n) is 3.58. The number of halogens is 2. The van der Waals surface area contributed by atoms with E-state index in [0.29, 0.717) is 16.5 Å². The molecule has 2 rings (SSSR count). The largest absolute Gasteiger partial charge is 0.388 e. The Balaban J connectivity index is 2.12. The molecule has 2 aromatic rings. The van der Waals surface area contributed by atoms with Crippen LogP contribution in [0.1, 0.15) is 43.6 Å². The average Bonchev–Trinajstić information content (AvgIpc) is 2.41. The molecule has 1 nitrogen and oxygen atoms in total. The number of benzene rings is 2. The van der Waals surface area contributed by atoms with Crippen molar-refractivity contribution in [2.75, 3.05) is 0 Å². The Morgan fingerprint density at radius 1 is 1.10 bits per heavy atom. The highest BCUT2D eigenvalue weighted by Gasteiger charge is 2.14. The molecular weight excluding hydrogens is 331 g/mol. The van der Waals surface area contributed by atoms with Crippen molar-refractivity contribution in [3.8, 4) is 0 Å². The molecule has 2 aromatic carbocycles. The topological polar surface area (TPSA) is 20.2 Å². The number of aliphatic hydroxyl groups excluding tert-OH is 1. The van der Waals surface area contributed by atoms with E-state index in [1.807, 2.05) is 12.1 Å². The number of hydrogen-bond donors (Lipinski definition) is 1. The smallest absolute Gasteiger partial charge is 0.137 e. The van der Waals surface area contributed by atoms with Crippen LogP contribution in [0, 0.1) is 5.82 Å². The van der Waals surface area contributed by atoms with Gasteiger partial charge in [-0.1, -0.05) is 51.1 Å². The number of rotatable bonds is 3. The summed E-state index contributed by atoms with van der Waals surface area (Å²) in [6.07, 6.45) is -0.120. The molecule has 0 amide bonds. The highest BCUT2D eigenvalue weighted by Crippen LogP contribution is 2.26. The first-order valence-electron chi connectivity index (χ1n) is 7.00. The van der Waals surface area contributed by atoms with Crippen molar-refractivity contribution in [2.24, 2.45) is 0 Å². The third kappa shape index (κ3) is 4.14. The van der Waals surface area contributed by atoms with E-state index in [1.54, 1.807) is 12.1 Å². The van der Waals surface area contributed by atoms with Crippen LogP contribution in [0.2, 0.25) is 0 Å². The molecule has 0 heterocycles. The Bertz CT molecular complexity index is 614. The van der Waals surface area contributed by atoms with Crippen LogP contribution >= 0.6 is 15.9 Å². The second kappa shape index (κ2) is 6.29. The molecule has 1 N–H and O–H groups in total. The van der Waals surface area contributed by atoms with Gasteiger partial charge in [0.2, 0.25) is 0 Å². The number of hydrogen-bond acceptors (Lipinski definition) is 1. The van der Waals surface area contributed by atoms with Crippen molar-refractivity contribution < 1.29 is 9.50 Å². The van der Waals surface area contributed by atoms with E-state index in [1.165, 1.54) is 11.6 Å². The Kier molecular flexibility index (Phi) is 4.84. The van der Waals surface area contributed by atoms with Gasteiger partial charge in [-0.25, -0.2) is 4.39 Å². The van der Waals surface area contributed by atoms with Gasteiger partial charge in [-0.2, -0.15) is 0 Å². The summed E-state index contributed by atoms with van der Waals surface area (Å²) < 4.78 is 13.6. The molecule has 0 aliphatic carbocycles. The highest BCUT2D eigenvalue weighted by molar-refractivity contribution is 9.10. The molecule has 0 saturated heterocycles. The summed E-state index contributed by atoms with van der Waals surface area (Å²) in [4.78, 5) is 0. The van der Waals surface area contributed by atoms with Crippen molar-refractivity contribution in [3.05, 3.63) is 69.4 Å². The van der Waals surface area contributed by atoms with Gasteiger partial charge in [-0.15, -0.1) is 0 Å². The van der Waals surface area contributed by atoms with E-state index >= 15 is 0 Å². The molecule has 112 valence electrons. The van der Waals surface area contributed by atoms with Gasteiger partial charge in [0, 0.05) is 6.42 Å². The van der Waals surface area contributed by atoms with Crippen LogP contribution < -0.4 is 0 Å². The predicted molar refractivity (Wildman–Crippen MR) is 87.9 cm³/mol. The van der Waals surface area contributed by atoms with Crippen LogP contribution in [0.3, 0.4) is 0 Å². The monoisotopic (exact) mass is 350 g/mol. The summed E-state index contributed by atoms with van der Waals surface area (Å²) in [5.41, 5.74) is 3.17. The molecule has 0 spiro atoms. The molecule has 0 fully saturated rings. The van der Waals surface area contributed by atoms with E-state index in [0.717, 1.165) is 5.56 Å². The predicted octanol–water partition coefficient (Wildman–Crippen LogP) is 5.16. The molecular formula is C18H20BrFO. The summed E-state index contributed by atoms with van der Waals surface area (Å²) in [6.45, 7) is 6.52. The maximum atomic E-state index is 13.2. The third-order valence-corrected chi connectivity index (χ3v) is 4.19. The van der Waals surface area contributed by atoms with Gasteiger partial charge in [0.1, 0.15) is 5.82 Å². The summed E-state index contributed by atoms with van der Waals surface area (Å²) >= 11 is 3.15. The van der Waals surface area contributed by atoms with Crippen LogP contribution in [0.15, 0.2) is 46.9 Å². The summed E-state index contributed by atoms with van der Waals surface area (Å²) in [5, 5.41) is 10.3. The minimum absolute atomic E-state index is 0.124. The van der Waals surface area contributed by atoms with E-state index in [-0.39, 0.29) is 11.2 Å². The van der Waals surface area contributed by atoms with Crippen LogP contribution in [-0.2, 0) is 11.8 Å². The maximum Gasteiger partial charge on any atom is 0.137 e. The fraction of sp³-hybridized carbons (Fsp3) is 0.333. The summed E-state index contributed by atoms with van der Waals surface area (Å²) in [6, 6.07) is 12.9. The fourth-order valence-corrected chi connectivity index (χ4v) is 2.60. The lowest BCUT2D eigenvalue weighted by Crippen LogP contribution is -2.11. The second-order valence-corrected chi connectivity index (χ2v) is 7.19. The van der Waals surface area contributed by atoms with Crippen LogP contribution in [0.25, 0.3) is 0 Å². The first kappa shape index (κ1) is 16.2. The zero-order valence-corrected chi connectivity index (χ0v) is 14.1. The lowest BCUT2D eigenvalue weighted by Gasteiger charge is -2.19. The van der Waals surface area contributed by atoms with Crippen molar-refractivity contribution in [3.63, 3.8) is 0 Å². The zero-order valence-electron chi connectivity index (χ0n) is 12.5.